The number of nitrogens with zero attached hydrogens (tertiary/aromatic N) is 2. The summed E-state index contributed by atoms with van der Waals surface area (Å²) in [5, 5.41) is 6.26. The molecule has 0 aliphatic heterocycles. The van der Waals surface area contributed by atoms with Crippen LogP contribution in [0.15, 0.2) is 35.1 Å². The van der Waals surface area contributed by atoms with E-state index in [0.717, 1.165) is 6.54 Å². The molecule has 0 bridgehead atoms. The van der Waals surface area contributed by atoms with E-state index in [-0.39, 0.29) is 11.6 Å². The van der Waals surface area contributed by atoms with E-state index in [0.29, 0.717) is 21.0 Å². The number of hydrogen-bond acceptors (Lipinski definition) is 4. The minimum atomic E-state index is -0.344. The fourth-order valence-corrected chi connectivity index (χ4v) is 2.04. The summed E-state index contributed by atoms with van der Waals surface area (Å²) < 4.78 is 0.632. The van der Waals surface area contributed by atoms with Gasteiger partial charge in [-0.3, -0.25) is 4.79 Å². The average Bonchev–Trinajstić information content (AvgIpc) is 2.45. The summed E-state index contributed by atoms with van der Waals surface area (Å²) in [5.74, 6) is 0.288. The molecular weight excluding hydrogens is 344 g/mol. The lowest BCUT2D eigenvalue weighted by molar-refractivity contribution is 0.102. The Morgan fingerprint density at radius 3 is 2.80 bits per heavy atom. The van der Waals surface area contributed by atoms with Crippen LogP contribution in [0.25, 0.3) is 0 Å². The van der Waals surface area contributed by atoms with Gasteiger partial charge in [0.2, 0.25) is 0 Å². The number of anilines is 2. The first kappa shape index (κ1) is 14.7. The van der Waals surface area contributed by atoms with E-state index in [1.807, 2.05) is 6.92 Å². The smallest absolute Gasteiger partial charge is 0.275 e. The lowest BCUT2D eigenvalue weighted by atomic mass is 10.3. The molecule has 0 aliphatic carbocycles. The van der Waals surface area contributed by atoms with Gasteiger partial charge < -0.3 is 10.6 Å². The van der Waals surface area contributed by atoms with Crippen LogP contribution in [0, 0.1) is 0 Å². The summed E-state index contributed by atoms with van der Waals surface area (Å²) in [5.41, 5.74) is 0.818. The van der Waals surface area contributed by atoms with E-state index in [2.05, 4.69) is 36.5 Å². The van der Waals surface area contributed by atoms with Crippen molar-refractivity contribution in [2.24, 2.45) is 0 Å². The molecule has 1 aromatic heterocycles. The van der Waals surface area contributed by atoms with Gasteiger partial charge in [-0.1, -0.05) is 17.7 Å². The highest BCUT2D eigenvalue weighted by Gasteiger charge is 2.11. The molecule has 0 saturated carbocycles. The zero-order chi connectivity index (χ0) is 14.5. The topological polar surface area (TPSA) is 66.9 Å². The van der Waals surface area contributed by atoms with Crippen molar-refractivity contribution in [2.45, 2.75) is 6.92 Å². The van der Waals surface area contributed by atoms with Gasteiger partial charge in [-0.05, 0) is 35.0 Å². The Labute approximate surface area is 129 Å². The molecule has 0 saturated heterocycles. The summed E-state index contributed by atoms with van der Waals surface area (Å²) in [6, 6.07) is 5.23. The maximum absolute atomic E-state index is 12.0. The summed E-state index contributed by atoms with van der Waals surface area (Å²) in [6.45, 7) is 2.70. The number of halogens is 2. The maximum atomic E-state index is 12.0. The summed E-state index contributed by atoms with van der Waals surface area (Å²) >= 11 is 9.29. The molecule has 0 aliphatic rings. The molecule has 0 radical (unpaired) electrons. The second kappa shape index (κ2) is 6.67. The highest BCUT2D eigenvalue weighted by molar-refractivity contribution is 9.10. The molecule has 104 valence electrons. The molecule has 2 aromatic rings. The van der Waals surface area contributed by atoms with Crippen LogP contribution in [-0.4, -0.2) is 22.4 Å². The second-order valence-electron chi connectivity index (χ2n) is 3.87. The van der Waals surface area contributed by atoms with Gasteiger partial charge in [0.1, 0.15) is 11.5 Å². The van der Waals surface area contributed by atoms with Crippen molar-refractivity contribution in [3.8, 4) is 0 Å². The molecule has 1 amide bonds. The molecule has 0 atom stereocenters. The maximum Gasteiger partial charge on any atom is 0.275 e. The average molecular weight is 356 g/mol. The van der Waals surface area contributed by atoms with Crippen LogP contribution >= 0.6 is 27.5 Å². The predicted octanol–water partition coefficient (Wildman–Crippen LogP) is 3.58. The molecule has 0 spiro atoms. The van der Waals surface area contributed by atoms with Crippen LogP contribution in [-0.2, 0) is 0 Å². The first-order valence-electron chi connectivity index (χ1n) is 5.93. The standard InChI is InChI=1S/C13H12BrClN4O/c1-2-16-11-7-17-10(6-18-11)13(20)19-9-5-3-4-8(15)12(9)14/h3-7H,2H2,1H3,(H,16,18)(H,19,20). The van der Waals surface area contributed by atoms with Crippen molar-refractivity contribution in [3.63, 3.8) is 0 Å². The summed E-state index contributed by atoms with van der Waals surface area (Å²) in [4.78, 5) is 20.2. The van der Waals surface area contributed by atoms with Gasteiger partial charge in [0, 0.05) is 6.54 Å². The monoisotopic (exact) mass is 354 g/mol. The van der Waals surface area contributed by atoms with Gasteiger partial charge in [-0.15, -0.1) is 0 Å². The number of amides is 1. The van der Waals surface area contributed by atoms with Crippen molar-refractivity contribution >= 4 is 44.9 Å². The van der Waals surface area contributed by atoms with Gasteiger partial charge >= 0.3 is 0 Å². The molecule has 0 unspecified atom stereocenters. The third kappa shape index (κ3) is 3.46. The number of carbonyl (C=O) groups is 1. The van der Waals surface area contributed by atoms with Crippen molar-refractivity contribution in [3.05, 3.63) is 45.8 Å². The van der Waals surface area contributed by atoms with Crippen LogP contribution in [0.3, 0.4) is 0 Å². The number of benzene rings is 1. The number of rotatable bonds is 4. The Balaban J connectivity index is 2.13. The molecule has 5 nitrogen and oxygen atoms in total. The van der Waals surface area contributed by atoms with Crippen LogP contribution < -0.4 is 10.6 Å². The normalized spacial score (nSPS) is 10.2. The van der Waals surface area contributed by atoms with Crippen LogP contribution in [0.1, 0.15) is 17.4 Å². The van der Waals surface area contributed by atoms with Gasteiger partial charge in [0.05, 0.1) is 27.6 Å². The van der Waals surface area contributed by atoms with Gasteiger partial charge in [0.25, 0.3) is 5.91 Å². The Hall–Kier alpha value is -1.66. The Morgan fingerprint density at radius 2 is 2.15 bits per heavy atom. The van der Waals surface area contributed by atoms with E-state index in [4.69, 9.17) is 11.6 Å². The first-order valence-corrected chi connectivity index (χ1v) is 7.10. The van der Waals surface area contributed by atoms with Crippen molar-refractivity contribution < 1.29 is 4.79 Å². The molecule has 7 heteroatoms. The third-order valence-electron chi connectivity index (χ3n) is 2.44. The molecule has 2 rings (SSSR count). The zero-order valence-corrected chi connectivity index (χ0v) is 13.0. The van der Waals surface area contributed by atoms with Crippen LogP contribution in [0.4, 0.5) is 11.5 Å². The van der Waals surface area contributed by atoms with E-state index in [1.54, 1.807) is 18.2 Å². The molecule has 0 fully saturated rings. The fraction of sp³-hybridized carbons (Fsp3) is 0.154. The molecule has 20 heavy (non-hydrogen) atoms. The lowest BCUT2D eigenvalue weighted by Gasteiger charge is -2.08. The van der Waals surface area contributed by atoms with Crippen molar-refractivity contribution in [1.82, 2.24) is 9.97 Å². The fourth-order valence-electron chi connectivity index (χ4n) is 1.50. The summed E-state index contributed by atoms with van der Waals surface area (Å²) in [6.07, 6.45) is 2.94. The summed E-state index contributed by atoms with van der Waals surface area (Å²) in [7, 11) is 0. The minimum Gasteiger partial charge on any atom is -0.369 e. The molecule has 1 aromatic carbocycles. The van der Waals surface area contributed by atoms with Gasteiger partial charge in [-0.2, -0.15) is 0 Å². The second-order valence-corrected chi connectivity index (χ2v) is 5.07. The highest BCUT2D eigenvalue weighted by Crippen LogP contribution is 2.30. The quantitative estimate of drug-likeness (QED) is 0.880. The number of hydrogen-bond donors (Lipinski definition) is 2. The number of aromatic nitrogens is 2. The Morgan fingerprint density at radius 1 is 1.35 bits per heavy atom. The highest BCUT2D eigenvalue weighted by atomic mass is 79.9. The predicted molar refractivity (Wildman–Crippen MR) is 83.3 cm³/mol. The van der Waals surface area contributed by atoms with Crippen LogP contribution in [0.5, 0.6) is 0 Å². The Kier molecular flexibility index (Phi) is 4.92. The first-order chi connectivity index (χ1) is 9.61. The minimum absolute atomic E-state index is 0.235. The molecular formula is C13H12BrClN4O. The van der Waals surface area contributed by atoms with E-state index >= 15 is 0 Å². The lowest BCUT2D eigenvalue weighted by Crippen LogP contribution is -2.15. The zero-order valence-electron chi connectivity index (χ0n) is 10.7. The van der Waals surface area contributed by atoms with E-state index in [1.165, 1.54) is 12.4 Å². The number of carbonyl (C=O) groups excluding carboxylic acids is 1. The number of nitrogens with one attached hydrogen (secondary N) is 2. The molecule has 2 N–H and O–H groups in total. The Bertz CT molecular complexity index is 618. The van der Waals surface area contributed by atoms with E-state index in [9.17, 15) is 4.79 Å². The van der Waals surface area contributed by atoms with Crippen molar-refractivity contribution in [1.29, 1.82) is 0 Å². The van der Waals surface area contributed by atoms with Gasteiger partial charge in [-0.25, -0.2) is 9.97 Å². The largest absolute Gasteiger partial charge is 0.369 e. The van der Waals surface area contributed by atoms with Gasteiger partial charge in [0.15, 0.2) is 0 Å². The third-order valence-corrected chi connectivity index (χ3v) is 3.84. The van der Waals surface area contributed by atoms with Crippen LogP contribution in [0.2, 0.25) is 5.02 Å². The van der Waals surface area contributed by atoms with Crippen molar-refractivity contribution in [2.75, 3.05) is 17.2 Å². The molecule has 1 heterocycles. The SMILES string of the molecule is CCNc1cnc(C(=O)Nc2cccc(Cl)c2Br)cn1. The van der Waals surface area contributed by atoms with E-state index < -0.39 is 0 Å².